The third-order valence-corrected chi connectivity index (χ3v) is 3.82. The van der Waals surface area contributed by atoms with Crippen LogP contribution >= 0.6 is 11.6 Å². The molecule has 0 fully saturated rings. The molecule has 2 nitrogen and oxygen atoms in total. The Balaban J connectivity index is 3.08. The molecule has 1 aromatic rings. The Bertz CT molecular complexity index is 384. The molecule has 1 aromatic carbocycles. The lowest BCUT2D eigenvalue weighted by Crippen LogP contribution is -2.07. The Hall–Kier alpha value is -0.540. The monoisotopic (exact) mass is 218 g/mol. The van der Waals surface area contributed by atoms with E-state index in [4.69, 9.17) is 11.6 Å². The molecule has 0 N–H and O–H groups in total. The SMILES string of the molecule is Cc1cccc(S(=O)(=O)CCCl)c1. The maximum atomic E-state index is 11.5. The summed E-state index contributed by atoms with van der Waals surface area (Å²) in [6.07, 6.45) is 0. The Morgan fingerprint density at radius 1 is 1.38 bits per heavy atom. The van der Waals surface area contributed by atoms with E-state index in [0.29, 0.717) is 4.90 Å². The summed E-state index contributed by atoms with van der Waals surface area (Å²) >= 11 is 5.40. The molecule has 0 bridgehead atoms. The number of sulfone groups is 1. The zero-order chi connectivity index (χ0) is 9.90. The molecular weight excluding hydrogens is 208 g/mol. The molecule has 0 amide bonds. The van der Waals surface area contributed by atoms with Crippen molar-refractivity contribution < 1.29 is 8.42 Å². The fraction of sp³-hybridized carbons (Fsp3) is 0.333. The molecule has 0 aliphatic carbocycles. The summed E-state index contributed by atoms with van der Waals surface area (Å²) in [4.78, 5) is 0.355. The number of halogens is 1. The van der Waals surface area contributed by atoms with Gasteiger partial charge in [-0.15, -0.1) is 11.6 Å². The molecule has 0 unspecified atom stereocenters. The average molecular weight is 219 g/mol. The maximum Gasteiger partial charge on any atom is 0.179 e. The van der Waals surface area contributed by atoms with Gasteiger partial charge in [0.15, 0.2) is 9.84 Å². The van der Waals surface area contributed by atoms with Crippen molar-refractivity contribution in [1.82, 2.24) is 0 Å². The molecule has 0 saturated carbocycles. The number of hydrogen-bond acceptors (Lipinski definition) is 2. The van der Waals surface area contributed by atoms with Crippen LogP contribution in [0.15, 0.2) is 29.2 Å². The highest BCUT2D eigenvalue weighted by Crippen LogP contribution is 2.12. The van der Waals surface area contributed by atoms with Crippen molar-refractivity contribution in [3.63, 3.8) is 0 Å². The van der Waals surface area contributed by atoms with Gasteiger partial charge in [0, 0.05) is 5.88 Å². The van der Waals surface area contributed by atoms with E-state index >= 15 is 0 Å². The Labute approximate surface area is 83.5 Å². The predicted octanol–water partition coefficient (Wildman–Crippen LogP) is 2.01. The highest BCUT2D eigenvalue weighted by atomic mass is 35.5. The van der Waals surface area contributed by atoms with Gasteiger partial charge in [-0.2, -0.15) is 0 Å². The second kappa shape index (κ2) is 4.11. The van der Waals surface area contributed by atoms with Crippen LogP contribution in [0.1, 0.15) is 5.56 Å². The van der Waals surface area contributed by atoms with E-state index in [1.165, 1.54) is 0 Å². The van der Waals surface area contributed by atoms with Gasteiger partial charge in [0.25, 0.3) is 0 Å². The summed E-state index contributed by atoms with van der Waals surface area (Å²) in [5.74, 6) is 0.133. The summed E-state index contributed by atoms with van der Waals surface area (Å²) in [6.45, 7) is 1.86. The summed E-state index contributed by atoms with van der Waals surface area (Å²) in [6, 6.07) is 6.84. The summed E-state index contributed by atoms with van der Waals surface area (Å²) in [5, 5.41) is 0. The number of hydrogen-bond donors (Lipinski definition) is 0. The smallest absolute Gasteiger partial charge is 0.179 e. The zero-order valence-electron chi connectivity index (χ0n) is 7.33. The molecule has 0 atom stereocenters. The van der Waals surface area contributed by atoms with Crippen molar-refractivity contribution in [3.05, 3.63) is 29.8 Å². The first-order chi connectivity index (χ1) is 6.06. The average Bonchev–Trinajstić information content (AvgIpc) is 2.04. The van der Waals surface area contributed by atoms with E-state index in [9.17, 15) is 8.42 Å². The van der Waals surface area contributed by atoms with Gasteiger partial charge < -0.3 is 0 Å². The molecule has 0 aliphatic rings. The first kappa shape index (κ1) is 10.5. The number of rotatable bonds is 3. The van der Waals surface area contributed by atoms with Crippen LogP contribution < -0.4 is 0 Å². The van der Waals surface area contributed by atoms with E-state index in [1.54, 1.807) is 18.2 Å². The van der Waals surface area contributed by atoms with E-state index in [2.05, 4.69) is 0 Å². The van der Waals surface area contributed by atoms with Gasteiger partial charge in [-0.05, 0) is 24.6 Å². The second-order valence-corrected chi connectivity index (χ2v) is 5.31. The highest BCUT2D eigenvalue weighted by molar-refractivity contribution is 7.91. The molecule has 0 aliphatic heterocycles. The molecular formula is C9H11ClO2S. The van der Waals surface area contributed by atoms with Crippen LogP contribution in [0.5, 0.6) is 0 Å². The van der Waals surface area contributed by atoms with Gasteiger partial charge in [-0.1, -0.05) is 12.1 Å². The van der Waals surface area contributed by atoms with Gasteiger partial charge in [-0.25, -0.2) is 8.42 Å². The normalized spacial score (nSPS) is 11.5. The van der Waals surface area contributed by atoms with Crippen LogP contribution in [-0.2, 0) is 9.84 Å². The van der Waals surface area contributed by atoms with Gasteiger partial charge in [0.2, 0.25) is 0 Å². The molecule has 13 heavy (non-hydrogen) atoms. The fourth-order valence-electron chi connectivity index (χ4n) is 1.03. The van der Waals surface area contributed by atoms with Crippen molar-refractivity contribution in [1.29, 1.82) is 0 Å². The van der Waals surface area contributed by atoms with Crippen molar-refractivity contribution in [2.24, 2.45) is 0 Å². The molecule has 0 radical (unpaired) electrons. The number of benzene rings is 1. The second-order valence-electron chi connectivity index (χ2n) is 2.82. The van der Waals surface area contributed by atoms with Gasteiger partial charge in [0.05, 0.1) is 10.6 Å². The fourth-order valence-corrected chi connectivity index (χ4v) is 2.73. The first-order valence-electron chi connectivity index (χ1n) is 3.91. The minimum absolute atomic E-state index is 0.00198. The van der Waals surface area contributed by atoms with Gasteiger partial charge >= 0.3 is 0 Å². The molecule has 0 heterocycles. The van der Waals surface area contributed by atoms with Crippen LogP contribution in [0.25, 0.3) is 0 Å². The van der Waals surface area contributed by atoms with Crippen molar-refractivity contribution in [3.8, 4) is 0 Å². The molecule has 4 heteroatoms. The largest absolute Gasteiger partial charge is 0.224 e. The summed E-state index contributed by atoms with van der Waals surface area (Å²) in [7, 11) is -3.16. The van der Waals surface area contributed by atoms with Crippen LogP contribution in [0.2, 0.25) is 0 Å². The van der Waals surface area contributed by atoms with Crippen molar-refractivity contribution >= 4 is 21.4 Å². The lowest BCUT2D eigenvalue weighted by atomic mass is 10.2. The van der Waals surface area contributed by atoms with E-state index in [0.717, 1.165) is 5.56 Å². The van der Waals surface area contributed by atoms with Crippen LogP contribution in [-0.4, -0.2) is 20.1 Å². The molecule has 72 valence electrons. The third kappa shape index (κ3) is 2.71. The minimum Gasteiger partial charge on any atom is -0.224 e. The predicted molar refractivity (Wildman–Crippen MR) is 54.0 cm³/mol. The zero-order valence-corrected chi connectivity index (χ0v) is 8.90. The molecule has 0 spiro atoms. The Morgan fingerprint density at radius 3 is 2.62 bits per heavy atom. The Kier molecular flexibility index (Phi) is 3.33. The molecule has 0 saturated heterocycles. The lowest BCUT2D eigenvalue weighted by molar-refractivity contribution is 0.597. The summed E-state index contributed by atoms with van der Waals surface area (Å²) in [5.41, 5.74) is 0.940. The molecule has 0 aromatic heterocycles. The van der Waals surface area contributed by atoms with Crippen molar-refractivity contribution in [2.75, 3.05) is 11.6 Å². The third-order valence-electron chi connectivity index (χ3n) is 1.69. The standard InChI is InChI=1S/C9H11ClO2S/c1-8-3-2-4-9(7-8)13(11,12)6-5-10/h2-4,7H,5-6H2,1H3. The number of aryl methyl sites for hydroxylation is 1. The highest BCUT2D eigenvalue weighted by Gasteiger charge is 2.12. The lowest BCUT2D eigenvalue weighted by Gasteiger charge is -2.02. The Morgan fingerprint density at radius 2 is 2.08 bits per heavy atom. The molecule has 1 rings (SSSR count). The van der Waals surface area contributed by atoms with E-state index in [-0.39, 0.29) is 11.6 Å². The number of alkyl halides is 1. The topological polar surface area (TPSA) is 34.1 Å². The van der Waals surface area contributed by atoms with Gasteiger partial charge in [0.1, 0.15) is 0 Å². The first-order valence-corrected chi connectivity index (χ1v) is 6.10. The van der Waals surface area contributed by atoms with Crippen LogP contribution in [0.4, 0.5) is 0 Å². The van der Waals surface area contributed by atoms with Gasteiger partial charge in [-0.3, -0.25) is 0 Å². The van der Waals surface area contributed by atoms with Crippen molar-refractivity contribution in [2.45, 2.75) is 11.8 Å². The summed E-state index contributed by atoms with van der Waals surface area (Å²) < 4.78 is 23.0. The van der Waals surface area contributed by atoms with Crippen LogP contribution in [0, 0.1) is 6.92 Å². The quantitative estimate of drug-likeness (QED) is 0.728. The van der Waals surface area contributed by atoms with Crippen LogP contribution in [0.3, 0.4) is 0 Å². The van der Waals surface area contributed by atoms with E-state index in [1.807, 2.05) is 13.0 Å². The minimum atomic E-state index is -3.16. The maximum absolute atomic E-state index is 11.5. The van der Waals surface area contributed by atoms with E-state index < -0.39 is 9.84 Å².